The third-order valence-electron chi connectivity index (χ3n) is 6.86. The Labute approximate surface area is 185 Å². The number of hydrogen-bond acceptors (Lipinski definition) is 3. The van der Waals surface area contributed by atoms with Crippen LogP contribution in [0.4, 0.5) is 0 Å². The fraction of sp³-hybridized carbons (Fsp3) is 0.357. The summed E-state index contributed by atoms with van der Waals surface area (Å²) in [7, 11) is 0. The van der Waals surface area contributed by atoms with E-state index in [4.69, 9.17) is 4.74 Å². The zero-order valence-electron chi connectivity index (χ0n) is 18.0. The van der Waals surface area contributed by atoms with Crippen LogP contribution >= 0.6 is 0 Å². The number of fused-ring (bicyclic) bond motifs is 1. The number of ether oxygens (including phenoxy) is 1. The summed E-state index contributed by atoms with van der Waals surface area (Å²) in [5, 5.41) is 9.94. The minimum absolute atomic E-state index is 0.213. The number of benzene rings is 3. The van der Waals surface area contributed by atoms with Gasteiger partial charge in [0.2, 0.25) is 0 Å². The molecule has 3 heteroatoms. The van der Waals surface area contributed by atoms with E-state index < -0.39 is 0 Å². The molecular weight excluding hydrogens is 382 g/mol. The van der Waals surface area contributed by atoms with Gasteiger partial charge in [-0.2, -0.15) is 0 Å². The van der Waals surface area contributed by atoms with Crippen LogP contribution in [-0.4, -0.2) is 36.2 Å². The Morgan fingerprint density at radius 1 is 0.871 bits per heavy atom. The lowest BCUT2D eigenvalue weighted by Gasteiger charge is -2.34. The molecule has 2 atom stereocenters. The van der Waals surface area contributed by atoms with Crippen LogP contribution in [-0.2, 0) is 6.42 Å². The minimum Gasteiger partial charge on any atom is -0.508 e. The predicted octanol–water partition coefficient (Wildman–Crippen LogP) is 5.73. The van der Waals surface area contributed by atoms with Gasteiger partial charge in [0.1, 0.15) is 11.5 Å². The number of nitrogens with zero attached hydrogens (tertiary/aromatic N) is 1. The number of rotatable bonds is 6. The van der Waals surface area contributed by atoms with Crippen LogP contribution in [0.3, 0.4) is 0 Å². The zero-order chi connectivity index (χ0) is 21.0. The summed E-state index contributed by atoms with van der Waals surface area (Å²) in [6, 6.07) is 25.4. The van der Waals surface area contributed by atoms with Gasteiger partial charge in [0.05, 0.1) is 6.61 Å². The number of aromatic hydroxyl groups is 1. The van der Waals surface area contributed by atoms with Crippen molar-refractivity contribution in [2.24, 2.45) is 0 Å². The SMILES string of the molecule is Oc1ccc2c(c1)OCC(c1ccccc1)C2c1ccc(CCCN2CCCC2)cc1. The van der Waals surface area contributed by atoms with Crippen LogP contribution in [0.2, 0.25) is 0 Å². The summed E-state index contributed by atoms with van der Waals surface area (Å²) in [5.74, 6) is 1.51. The minimum atomic E-state index is 0.213. The molecule has 2 aliphatic heterocycles. The van der Waals surface area contributed by atoms with E-state index in [-0.39, 0.29) is 17.6 Å². The molecule has 5 rings (SSSR count). The standard InChI is InChI=1S/C28H31NO2/c30-24-14-15-25-27(19-24)31-20-26(22-8-2-1-3-9-22)28(25)23-12-10-21(11-13-23)7-6-18-29-16-4-5-17-29/h1-3,8-15,19,26,28,30H,4-7,16-18,20H2. The quantitative estimate of drug-likeness (QED) is 0.560. The summed E-state index contributed by atoms with van der Waals surface area (Å²) in [5.41, 5.74) is 5.17. The maximum Gasteiger partial charge on any atom is 0.126 e. The van der Waals surface area contributed by atoms with Gasteiger partial charge in [-0.05, 0) is 68.1 Å². The Kier molecular flexibility index (Phi) is 5.95. The zero-order valence-corrected chi connectivity index (χ0v) is 18.0. The van der Waals surface area contributed by atoms with Gasteiger partial charge in [-0.1, -0.05) is 60.7 Å². The fourth-order valence-corrected chi connectivity index (χ4v) is 5.20. The molecule has 3 nitrogen and oxygen atoms in total. The molecule has 0 bridgehead atoms. The lowest BCUT2D eigenvalue weighted by molar-refractivity contribution is 0.248. The van der Waals surface area contributed by atoms with Gasteiger partial charge in [0.25, 0.3) is 0 Å². The highest BCUT2D eigenvalue weighted by Gasteiger charge is 2.33. The lowest BCUT2D eigenvalue weighted by Crippen LogP contribution is -2.25. The van der Waals surface area contributed by atoms with E-state index in [1.807, 2.05) is 6.07 Å². The smallest absolute Gasteiger partial charge is 0.126 e. The monoisotopic (exact) mass is 413 g/mol. The third-order valence-corrected chi connectivity index (χ3v) is 6.86. The molecule has 0 radical (unpaired) electrons. The molecule has 0 aromatic heterocycles. The molecular formula is C28H31NO2. The first-order chi connectivity index (χ1) is 15.3. The maximum atomic E-state index is 9.94. The summed E-state index contributed by atoms with van der Waals surface area (Å²) < 4.78 is 6.08. The highest BCUT2D eigenvalue weighted by atomic mass is 16.5. The molecule has 0 spiro atoms. The highest BCUT2D eigenvalue weighted by Crippen LogP contribution is 2.46. The Morgan fingerprint density at radius 2 is 1.65 bits per heavy atom. The number of likely N-dealkylation sites (tertiary alicyclic amines) is 1. The molecule has 2 heterocycles. The van der Waals surface area contributed by atoms with Crippen molar-refractivity contribution in [1.29, 1.82) is 0 Å². The molecule has 3 aromatic carbocycles. The molecule has 1 fully saturated rings. The van der Waals surface area contributed by atoms with Crippen LogP contribution in [0.1, 0.15) is 53.4 Å². The van der Waals surface area contributed by atoms with Crippen LogP contribution in [0.25, 0.3) is 0 Å². The Bertz CT molecular complexity index is 993. The van der Waals surface area contributed by atoms with Gasteiger partial charge in [0.15, 0.2) is 0 Å². The van der Waals surface area contributed by atoms with E-state index in [2.05, 4.69) is 59.5 Å². The van der Waals surface area contributed by atoms with Gasteiger partial charge in [-0.25, -0.2) is 0 Å². The first-order valence-corrected chi connectivity index (χ1v) is 11.6. The largest absolute Gasteiger partial charge is 0.508 e. The van der Waals surface area contributed by atoms with E-state index in [1.54, 1.807) is 12.1 Å². The Morgan fingerprint density at radius 3 is 2.42 bits per heavy atom. The Balaban J connectivity index is 1.38. The highest BCUT2D eigenvalue weighted by molar-refractivity contribution is 5.50. The molecule has 1 saturated heterocycles. The molecule has 0 aliphatic carbocycles. The first-order valence-electron chi connectivity index (χ1n) is 11.6. The number of hydrogen-bond donors (Lipinski definition) is 1. The van der Waals surface area contributed by atoms with Gasteiger partial charge >= 0.3 is 0 Å². The van der Waals surface area contributed by atoms with Gasteiger partial charge in [0, 0.05) is 23.5 Å². The molecule has 0 saturated carbocycles. The van der Waals surface area contributed by atoms with Crippen molar-refractivity contribution in [1.82, 2.24) is 4.90 Å². The van der Waals surface area contributed by atoms with E-state index in [0.717, 1.165) is 17.7 Å². The fourth-order valence-electron chi connectivity index (χ4n) is 5.20. The molecule has 0 amide bonds. The normalized spacial score (nSPS) is 20.9. The number of phenolic OH excluding ortho intramolecular Hbond substituents is 1. The predicted molar refractivity (Wildman–Crippen MR) is 125 cm³/mol. The van der Waals surface area contributed by atoms with Gasteiger partial charge in [-0.15, -0.1) is 0 Å². The third kappa shape index (κ3) is 4.47. The molecule has 1 N–H and O–H groups in total. The van der Waals surface area contributed by atoms with Crippen LogP contribution < -0.4 is 4.74 Å². The summed E-state index contributed by atoms with van der Waals surface area (Å²) in [6.07, 6.45) is 5.09. The van der Waals surface area contributed by atoms with Crippen molar-refractivity contribution in [3.63, 3.8) is 0 Å². The van der Waals surface area contributed by atoms with Crippen LogP contribution in [0, 0.1) is 0 Å². The first kappa shape index (κ1) is 20.1. The van der Waals surface area contributed by atoms with Crippen LogP contribution in [0.15, 0.2) is 72.8 Å². The van der Waals surface area contributed by atoms with Crippen molar-refractivity contribution < 1.29 is 9.84 Å². The number of phenols is 1. The van der Waals surface area contributed by atoms with Crippen molar-refractivity contribution in [3.8, 4) is 11.5 Å². The van der Waals surface area contributed by atoms with Crippen LogP contribution in [0.5, 0.6) is 11.5 Å². The Hall–Kier alpha value is -2.78. The van der Waals surface area contributed by atoms with Crippen molar-refractivity contribution in [2.75, 3.05) is 26.2 Å². The second-order valence-corrected chi connectivity index (χ2v) is 8.92. The maximum absolute atomic E-state index is 9.94. The van der Waals surface area contributed by atoms with Crippen molar-refractivity contribution >= 4 is 0 Å². The molecule has 2 unspecified atom stereocenters. The van der Waals surface area contributed by atoms with E-state index in [0.29, 0.717) is 6.61 Å². The summed E-state index contributed by atoms with van der Waals surface area (Å²) >= 11 is 0. The molecule has 160 valence electrons. The molecule has 3 aromatic rings. The summed E-state index contributed by atoms with van der Waals surface area (Å²) in [4.78, 5) is 2.59. The van der Waals surface area contributed by atoms with E-state index >= 15 is 0 Å². The average Bonchev–Trinajstić information content (AvgIpc) is 3.33. The summed E-state index contributed by atoms with van der Waals surface area (Å²) in [6.45, 7) is 4.38. The topological polar surface area (TPSA) is 32.7 Å². The van der Waals surface area contributed by atoms with Crippen molar-refractivity contribution in [2.45, 2.75) is 37.5 Å². The van der Waals surface area contributed by atoms with Crippen molar-refractivity contribution in [3.05, 3.63) is 95.1 Å². The number of aryl methyl sites for hydroxylation is 1. The van der Waals surface area contributed by atoms with Gasteiger partial charge < -0.3 is 14.7 Å². The lowest BCUT2D eigenvalue weighted by atomic mass is 9.75. The molecule has 2 aliphatic rings. The van der Waals surface area contributed by atoms with Gasteiger partial charge in [-0.3, -0.25) is 0 Å². The van der Waals surface area contributed by atoms with E-state index in [9.17, 15) is 5.11 Å². The second kappa shape index (κ2) is 9.15. The average molecular weight is 414 g/mol. The van der Waals surface area contributed by atoms with E-state index in [1.165, 1.54) is 55.6 Å². The second-order valence-electron chi connectivity index (χ2n) is 8.92. The molecule has 31 heavy (non-hydrogen) atoms.